The van der Waals surface area contributed by atoms with Gasteiger partial charge in [0.25, 0.3) is 0 Å². The third kappa shape index (κ3) is 3.61. The summed E-state index contributed by atoms with van der Waals surface area (Å²) in [6.07, 6.45) is 6.13. The van der Waals surface area contributed by atoms with Crippen molar-refractivity contribution in [1.29, 1.82) is 0 Å². The highest BCUT2D eigenvalue weighted by molar-refractivity contribution is 5.00. The third-order valence-corrected chi connectivity index (χ3v) is 3.52. The largest absolute Gasteiger partial charge is 0.380 e. The Morgan fingerprint density at radius 1 is 1.35 bits per heavy atom. The van der Waals surface area contributed by atoms with E-state index in [1.165, 1.54) is 0 Å². The van der Waals surface area contributed by atoms with Crippen LogP contribution in [0.5, 0.6) is 0 Å². The van der Waals surface area contributed by atoms with Crippen LogP contribution in [0.15, 0.2) is 30.9 Å². The zero-order chi connectivity index (χ0) is 13.6. The van der Waals surface area contributed by atoms with E-state index in [2.05, 4.69) is 25.1 Å². The first-order valence-electron chi connectivity index (χ1n) is 6.93. The van der Waals surface area contributed by atoms with Crippen LogP contribution in [0.3, 0.4) is 0 Å². The average Bonchev–Trinajstić information content (AvgIpc) is 2.87. The van der Waals surface area contributed by atoms with E-state index in [0.717, 1.165) is 50.7 Å². The van der Waals surface area contributed by atoms with Crippen LogP contribution < -0.4 is 0 Å². The summed E-state index contributed by atoms with van der Waals surface area (Å²) in [4.78, 5) is 10.7. The fourth-order valence-electron chi connectivity index (χ4n) is 2.57. The molecule has 1 saturated heterocycles. The van der Waals surface area contributed by atoms with E-state index >= 15 is 0 Å². The lowest BCUT2D eigenvalue weighted by Gasteiger charge is -2.22. The van der Waals surface area contributed by atoms with Gasteiger partial charge in [-0.25, -0.2) is 9.97 Å². The molecule has 2 aromatic rings. The van der Waals surface area contributed by atoms with Crippen molar-refractivity contribution in [3.63, 3.8) is 0 Å². The molecule has 0 saturated carbocycles. The van der Waals surface area contributed by atoms with Crippen LogP contribution in [0.2, 0.25) is 0 Å². The zero-order valence-electron chi connectivity index (χ0n) is 11.4. The first-order valence-corrected chi connectivity index (χ1v) is 6.93. The quantitative estimate of drug-likeness (QED) is 0.896. The Kier molecular flexibility index (Phi) is 4.35. The van der Waals surface area contributed by atoms with Gasteiger partial charge in [-0.1, -0.05) is 0 Å². The number of hydrogen-bond donors (Lipinski definition) is 1. The Hall–Kier alpha value is -1.79. The SMILES string of the molecule is c1cc(CC2COCCN(Cc3ccn[nH]3)C2)ncn1. The van der Waals surface area contributed by atoms with Crippen LogP contribution >= 0.6 is 0 Å². The maximum Gasteiger partial charge on any atom is 0.115 e. The van der Waals surface area contributed by atoms with Crippen LogP contribution in [0.4, 0.5) is 0 Å². The van der Waals surface area contributed by atoms with Crippen LogP contribution in [-0.4, -0.2) is 51.4 Å². The van der Waals surface area contributed by atoms with Gasteiger partial charge in [-0.3, -0.25) is 10.00 Å². The molecule has 6 nitrogen and oxygen atoms in total. The lowest BCUT2D eigenvalue weighted by atomic mass is 10.0. The van der Waals surface area contributed by atoms with Crippen molar-refractivity contribution in [1.82, 2.24) is 25.1 Å². The van der Waals surface area contributed by atoms with E-state index in [4.69, 9.17) is 4.74 Å². The molecule has 1 aliphatic heterocycles. The minimum Gasteiger partial charge on any atom is -0.380 e. The number of ether oxygens (including phenoxy) is 1. The van der Waals surface area contributed by atoms with Crippen LogP contribution in [0.1, 0.15) is 11.4 Å². The molecule has 0 aromatic carbocycles. The first kappa shape index (κ1) is 13.2. The van der Waals surface area contributed by atoms with Crippen LogP contribution in [0.25, 0.3) is 0 Å². The van der Waals surface area contributed by atoms with Gasteiger partial charge in [-0.2, -0.15) is 5.10 Å². The fraction of sp³-hybridized carbons (Fsp3) is 0.500. The topological polar surface area (TPSA) is 66.9 Å². The average molecular weight is 273 g/mol. The summed E-state index contributed by atoms with van der Waals surface area (Å²) < 4.78 is 5.72. The smallest absolute Gasteiger partial charge is 0.115 e. The highest BCUT2D eigenvalue weighted by Gasteiger charge is 2.19. The molecule has 1 N–H and O–H groups in total. The fourth-order valence-corrected chi connectivity index (χ4v) is 2.57. The zero-order valence-corrected chi connectivity index (χ0v) is 11.4. The summed E-state index contributed by atoms with van der Waals surface area (Å²) in [7, 11) is 0. The van der Waals surface area contributed by atoms with Crippen molar-refractivity contribution < 1.29 is 4.74 Å². The van der Waals surface area contributed by atoms with E-state index < -0.39 is 0 Å². The Bertz CT molecular complexity index is 502. The van der Waals surface area contributed by atoms with Crippen molar-refractivity contribution in [2.75, 3.05) is 26.3 Å². The summed E-state index contributed by atoms with van der Waals surface area (Å²) >= 11 is 0. The van der Waals surface area contributed by atoms with Gasteiger partial charge in [-0.15, -0.1) is 0 Å². The molecule has 3 rings (SSSR count). The molecule has 106 valence electrons. The van der Waals surface area contributed by atoms with Gasteiger partial charge in [0, 0.05) is 49.3 Å². The van der Waals surface area contributed by atoms with E-state index in [9.17, 15) is 0 Å². The van der Waals surface area contributed by atoms with Gasteiger partial charge >= 0.3 is 0 Å². The Balaban J connectivity index is 1.60. The summed E-state index contributed by atoms with van der Waals surface area (Å²) in [6.45, 7) is 4.45. The molecule has 2 aromatic heterocycles. The minimum absolute atomic E-state index is 0.468. The lowest BCUT2D eigenvalue weighted by molar-refractivity contribution is 0.121. The van der Waals surface area contributed by atoms with E-state index in [1.54, 1.807) is 18.7 Å². The highest BCUT2D eigenvalue weighted by atomic mass is 16.5. The maximum absolute atomic E-state index is 5.72. The number of H-pyrrole nitrogens is 1. The Morgan fingerprint density at radius 3 is 3.15 bits per heavy atom. The van der Waals surface area contributed by atoms with Crippen LogP contribution in [0, 0.1) is 5.92 Å². The second-order valence-electron chi connectivity index (χ2n) is 5.16. The number of aromatic nitrogens is 4. The second-order valence-corrected chi connectivity index (χ2v) is 5.16. The van der Waals surface area contributed by atoms with E-state index in [0.29, 0.717) is 5.92 Å². The van der Waals surface area contributed by atoms with Gasteiger partial charge in [0.2, 0.25) is 0 Å². The summed E-state index contributed by atoms with van der Waals surface area (Å²) in [5.74, 6) is 0.468. The molecule has 1 unspecified atom stereocenters. The van der Waals surface area contributed by atoms with E-state index in [1.807, 2.05) is 12.1 Å². The summed E-state index contributed by atoms with van der Waals surface area (Å²) in [6, 6.07) is 4.00. The Labute approximate surface area is 118 Å². The number of rotatable bonds is 4. The molecule has 0 aliphatic carbocycles. The molecule has 1 atom stereocenters. The van der Waals surface area contributed by atoms with Crippen molar-refractivity contribution >= 4 is 0 Å². The molecule has 3 heterocycles. The number of nitrogens with one attached hydrogen (secondary N) is 1. The minimum atomic E-state index is 0.468. The predicted molar refractivity (Wildman–Crippen MR) is 73.9 cm³/mol. The second kappa shape index (κ2) is 6.58. The van der Waals surface area contributed by atoms with Crippen molar-refractivity contribution in [3.05, 3.63) is 42.2 Å². The third-order valence-electron chi connectivity index (χ3n) is 3.52. The van der Waals surface area contributed by atoms with Gasteiger partial charge in [-0.05, 0) is 18.6 Å². The van der Waals surface area contributed by atoms with Crippen molar-refractivity contribution in [2.45, 2.75) is 13.0 Å². The highest BCUT2D eigenvalue weighted by Crippen LogP contribution is 2.14. The molecular formula is C14H19N5O. The normalized spacial score (nSPS) is 20.7. The molecule has 20 heavy (non-hydrogen) atoms. The van der Waals surface area contributed by atoms with Crippen molar-refractivity contribution in [2.24, 2.45) is 5.92 Å². The van der Waals surface area contributed by atoms with E-state index in [-0.39, 0.29) is 0 Å². The summed E-state index contributed by atoms with van der Waals surface area (Å²) in [5, 5.41) is 7.01. The molecule has 1 aliphatic rings. The molecule has 6 heteroatoms. The van der Waals surface area contributed by atoms with Crippen molar-refractivity contribution in [3.8, 4) is 0 Å². The van der Waals surface area contributed by atoms with Gasteiger partial charge < -0.3 is 4.74 Å². The number of nitrogens with zero attached hydrogens (tertiary/aromatic N) is 4. The standard InChI is InChI=1S/C14H19N5O/c1-3-15-11-16-13(1)7-12-8-19(5-6-20-10-12)9-14-2-4-17-18-14/h1-4,11-12H,5-10H2,(H,17,18). The monoisotopic (exact) mass is 273 g/mol. The molecule has 0 spiro atoms. The maximum atomic E-state index is 5.72. The molecular weight excluding hydrogens is 254 g/mol. The molecule has 0 amide bonds. The van der Waals surface area contributed by atoms with Gasteiger partial charge in [0.05, 0.1) is 13.2 Å². The summed E-state index contributed by atoms with van der Waals surface area (Å²) in [5.41, 5.74) is 2.23. The first-order chi connectivity index (χ1) is 9.90. The molecule has 1 fully saturated rings. The Morgan fingerprint density at radius 2 is 2.35 bits per heavy atom. The van der Waals surface area contributed by atoms with Gasteiger partial charge in [0.1, 0.15) is 6.33 Å². The number of aromatic amines is 1. The predicted octanol–water partition coefficient (Wildman–Crippen LogP) is 0.891. The number of hydrogen-bond acceptors (Lipinski definition) is 5. The molecule has 0 bridgehead atoms. The van der Waals surface area contributed by atoms with Gasteiger partial charge in [0.15, 0.2) is 0 Å². The van der Waals surface area contributed by atoms with Crippen LogP contribution in [-0.2, 0) is 17.7 Å². The lowest BCUT2D eigenvalue weighted by Crippen LogP contribution is -2.30. The molecule has 0 radical (unpaired) electrons.